The van der Waals surface area contributed by atoms with Crippen molar-refractivity contribution in [2.45, 2.75) is 25.5 Å². The smallest absolute Gasteiger partial charge is 0.387 e. The molecule has 1 aromatic carbocycles. The van der Waals surface area contributed by atoms with E-state index < -0.39 is 12.6 Å². The maximum absolute atomic E-state index is 12.6. The number of morpholine rings is 1. The van der Waals surface area contributed by atoms with Crippen molar-refractivity contribution < 1.29 is 23.0 Å². The first kappa shape index (κ1) is 20.2. The summed E-state index contributed by atoms with van der Waals surface area (Å²) < 4.78 is 35.2. The molecule has 6 nitrogen and oxygen atoms in total. The van der Waals surface area contributed by atoms with Crippen molar-refractivity contribution in [3.8, 4) is 5.75 Å². The van der Waals surface area contributed by atoms with Gasteiger partial charge in [-0.25, -0.2) is 4.79 Å². The summed E-state index contributed by atoms with van der Waals surface area (Å²) in [4.78, 5) is 14.9. The standard InChI is InChI=1S/C18H25F2N3O3S/c1-13-3-2-4-14(26-16(19)20)15(13)22-17(24)21-11-18(5-10-27-12-18)23-6-8-25-9-7-23/h2-4,16H,5-12H2,1H3,(H2,21,22,24). The van der Waals surface area contributed by atoms with E-state index in [0.717, 1.165) is 31.0 Å². The van der Waals surface area contributed by atoms with Crippen molar-refractivity contribution in [3.63, 3.8) is 0 Å². The van der Waals surface area contributed by atoms with Crippen molar-refractivity contribution in [2.24, 2.45) is 0 Å². The number of benzene rings is 1. The SMILES string of the molecule is Cc1cccc(OC(F)F)c1NC(=O)NCC1(N2CCOCC2)CCSC1. The third kappa shape index (κ3) is 5.03. The van der Waals surface area contributed by atoms with Crippen LogP contribution in [0, 0.1) is 6.92 Å². The Morgan fingerprint density at radius 1 is 1.41 bits per heavy atom. The predicted molar refractivity (Wildman–Crippen MR) is 102 cm³/mol. The van der Waals surface area contributed by atoms with Crippen molar-refractivity contribution in [1.29, 1.82) is 0 Å². The van der Waals surface area contributed by atoms with Gasteiger partial charge in [-0.3, -0.25) is 4.90 Å². The van der Waals surface area contributed by atoms with Crippen LogP contribution in [-0.4, -0.2) is 67.4 Å². The van der Waals surface area contributed by atoms with E-state index in [1.165, 1.54) is 6.07 Å². The van der Waals surface area contributed by atoms with Crippen molar-refractivity contribution in [2.75, 3.05) is 49.7 Å². The zero-order chi connectivity index (χ0) is 19.3. The molecule has 2 fully saturated rings. The second-order valence-electron chi connectivity index (χ2n) is 6.76. The van der Waals surface area contributed by atoms with Crippen LogP contribution in [0.1, 0.15) is 12.0 Å². The minimum Gasteiger partial charge on any atom is -0.433 e. The van der Waals surface area contributed by atoms with E-state index in [-0.39, 0.29) is 17.0 Å². The fraction of sp³-hybridized carbons (Fsp3) is 0.611. The Hall–Kier alpha value is -1.58. The molecule has 3 rings (SSSR count). The molecule has 150 valence electrons. The number of alkyl halides is 2. The van der Waals surface area contributed by atoms with E-state index in [1.54, 1.807) is 19.1 Å². The molecule has 0 bridgehead atoms. The van der Waals surface area contributed by atoms with Gasteiger partial charge in [-0.15, -0.1) is 0 Å². The summed E-state index contributed by atoms with van der Waals surface area (Å²) in [5, 5.41) is 5.60. The molecule has 1 aromatic rings. The maximum atomic E-state index is 12.6. The Balaban J connectivity index is 1.64. The lowest BCUT2D eigenvalue weighted by atomic mass is 9.95. The summed E-state index contributed by atoms with van der Waals surface area (Å²) in [5.74, 6) is 1.97. The van der Waals surface area contributed by atoms with Crippen molar-refractivity contribution in [1.82, 2.24) is 10.2 Å². The molecule has 0 aromatic heterocycles. The van der Waals surface area contributed by atoms with E-state index in [2.05, 4.69) is 20.3 Å². The average Bonchev–Trinajstić information content (AvgIpc) is 3.13. The topological polar surface area (TPSA) is 62.8 Å². The number of urea groups is 1. The van der Waals surface area contributed by atoms with Gasteiger partial charge in [0.25, 0.3) is 0 Å². The first-order valence-corrected chi connectivity index (χ1v) is 10.2. The Kier molecular flexibility index (Phi) is 6.78. The van der Waals surface area contributed by atoms with Crippen LogP contribution in [0.15, 0.2) is 18.2 Å². The number of aryl methyl sites for hydroxylation is 1. The number of amides is 2. The minimum atomic E-state index is -2.95. The third-order valence-corrected chi connectivity index (χ3v) is 6.27. The van der Waals surface area contributed by atoms with Crippen LogP contribution >= 0.6 is 11.8 Å². The van der Waals surface area contributed by atoms with E-state index in [0.29, 0.717) is 25.3 Å². The van der Waals surface area contributed by atoms with Gasteiger partial charge in [0.2, 0.25) is 0 Å². The molecule has 2 amide bonds. The Labute approximate surface area is 162 Å². The number of carbonyl (C=O) groups excluding carboxylic acids is 1. The van der Waals surface area contributed by atoms with Gasteiger partial charge in [0.15, 0.2) is 0 Å². The summed E-state index contributed by atoms with van der Waals surface area (Å²) >= 11 is 1.88. The number of hydrogen-bond donors (Lipinski definition) is 2. The Bertz CT molecular complexity index is 651. The summed E-state index contributed by atoms with van der Waals surface area (Å²) in [6, 6.07) is 4.33. The van der Waals surface area contributed by atoms with Gasteiger partial charge in [0.05, 0.1) is 18.9 Å². The molecule has 2 heterocycles. The Morgan fingerprint density at radius 3 is 2.85 bits per heavy atom. The molecule has 2 aliphatic heterocycles. The van der Waals surface area contributed by atoms with Gasteiger partial charge in [-0.05, 0) is 30.7 Å². The van der Waals surface area contributed by atoms with Crippen molar-refractivity contribution in [3.05, 3.63) is 23.8 Å². The first-order chi connectivity index (χ1) is 13.0. The summed E-state index contributed by atoms with van der Waals surface area (Å²) in [7, 11) is 0. The molecule has 2 aliphatic rings. The summed E-state index contributed by atoms with van der Waals surface area (Å²) in [6.45, 7) is 2.41. The highest BCUT2D eigenvalue weighted by atomic mass is 32.2. The second-order valence-corrected chi connectivity index (χ2v) is 7.87. The molecule has 9 heteroatoms. The molecule has 1 unspecified atom stereocenters. The van der Waals surface area contributed by atoms with Gasteiger partial charge in [-0.1, -0.05) is 12.1 Å². The zero-order valence-electron chi connectivity index (χ0n) is 15.3. The van der Waals surface area contributed by atoms with Gasteiger partial charge >= 0.3 is 12.6 Å². The van der Waals surface area contributed by atoms with E-state index >= 15 is 0 Å². The summed E-state index contributed by atoms with van der Waals surface area (Å²) in [6.07, 6.45) is 1.00. The highest BCUT2D eigenvalue weighted by Crippen LogP contribution is 2.34. The lowest BCUT2D eigenvalue weighted by molar-refractivity contribution is -0.0493. The monoisotopic (exact) mass is 401 g/mol. The Morgan fingerprint density at radius 2 is 2.19 bits per heavy atom. The molecule has 0 saturated carbocycles. The zero-order valence-corrected chi connectivity index (χ0v) is 16.1. The summed E-state index contributed by atoms with van der Waals surface area (Å²) in [5.41, 5.74) is 0.832. The number of para-hydroxylation sites is 1. The number of hydrogen-bond acceptors (Lipinski definition) is 5. The first-order valence-electron chi connectivity index (χ1n) is 9.00. The quantitative estimate of drug-likeness (QED) is 0.768. The molecule has 0 radical (unpaired) electrons. The normalized spacial score (nSPS) is 23.4. The number of halogens is 2. The molecule has 2 saturated heterocycles. The number of anilines is 1. The molecular formula is C18H25F2N3O3S. The van der Waals surface area contributed by atoms with Crippen LogP contribution in [0.3, 0.4) is 0 Å². The van der Waals surface area contributed by atoms with Gasteiger partial charge < -0.3 is 20.1 Å². The van der Waals surface area contributed by atoms with Crippen LogP contribution in [0.5, 0.6) is 5.75 Å². The predicted octanol–water partition coefficient (Wildman–Crippen LogP) is 2.93. The van der Waals surface area contributed by atoms with E-state index in [4.69, 9.17) is 4.74 Å². The molecule has 2 N–H and O–H groups in total. The number of carbonyl (C=O) groups is 1. The van der Waals surface area contributed by atoms with Crippen LogP contribution in [0.25, 0.3) is 0 Å². The van der Waals surface area contributed by atoms with Crippen LogP contribution in [0.4, 0.5) is 19.3 Å². The minimum absolute atomic E-state index is 0.0422. The van der Waals surface area contributed by atoms with E-state index in [9.17, 15) is 13.6 Å². The van der Waals surface area contributed by atoms with Gasteiger partial charge in [-0.2, -0.15) is 20.5 Å². The second kappa shape index (κ2) is 9.07. The van der Waals surface area contributed by atoms with Crippen LogP contribution in [-0.2, 0) is 4.74 Å². The third-order valence-electron chi connectivity index (χ3n) is 5.03. The fourth-order valence-corrected chi connectivity index (χ4v) is 5.01. The molecule has 27 heavy (non-hydrogen) atoms. The largest absolute Gasteiger partial charge is 0.433 e. The number of nitrogens with zero attached hydrogens (tertiary/aromatic N) is 1. The molecule has 0 spiro atoms. The number of thioether (sulfide) groups is 1. The van der Waals surface area contributed by atoms with Gasteiger partial charge in [0, 0.05) is 30.9 Å². The molecule has 0 aliphatic carbocycles. The van der Waals surface area contributed by atoms with Crippen LogP contribution < -0.4 is 15.4 Å². The van der Waals surface area contributed by atoms with Gasteiger partial charge in [0.1, 0.15) is 5.75 Å². The van der Waals surface area contributed by atoms with Crippen LogP contribution in [0.2, 0.25) is 0 Å². The highest BCUT2D eigenvalue weighted by Gasteiger charge is 2.40. The van der Waals surface area contributed by atoms with Crippen molar-refractivity contribution >= 4 is 23.5 Å². The highest BCUT2D eigenvalue weighted by molar-refractivity contribution is 7.99. The van der Waals surface area contributed by atoms with E-state index in [1.807, 2.05) is 11.8 Å². The number of nitrogens with one attached hydrogen (secondary N) is 2. The molecular weight excluding hydrogens is 376 g/mol. The lowest BCUT2D eigenvalue weighted by Crippen LogP contribution is -2.59. The average molecular weight is 401 g/mol. The lowest BCUT2D eigenvalue weighted by Gasteiger charge is -2.43. The number of ether oxygens (including phenoxy) is 2. The number of rotatable bonds is 6. The fourth-order valence-electron chi connectivity index (χ4n) is 3.53. The molecule has 1 atom stereocenters. The maximum Gasteiger partial charge on any atom is 0.387 e.